The minimum atomic E-state index is -1.24. The standard InChI is InChI=1S/C9H6O2/c1-2-7-5-3-4-6-8(7)9(10)11/h1,3-6H,(H,10,11)/p-1. The Bertz CT molecular complexity index is 321. The molecule has 0 heterocycles. The van der Waals surface area contributed by atoms with Crippen LogP contribution in [0.1, 0.15) is 15.9 Å². The van der Waals surface area contributed by atoms with E-state index in [2.05, 4.69) is 5.92 Å². The zero-order valence-corrected chi connectivity index (χ0v) is 5.70. The Morgan fingerprint density at radius 3 is 2.55 bits per heavy atom. The number of terminal acetylenes is 1. The van der Waals surface area contributed by atoms with Crippen LogP contribution in [0.2, 0.25) is 0 Å². The number of carbonyl (C=O) groups is 1. The SMILES string of the molecule is C#Cc1ccccc1C(=O)[O-]. The van der Waals surface area contributed by atoms with Gasteiger partial charge >= 0.3 is 0 Å². The molecule has 0 N–H and O–H groups in total. The Morgan fingerprint density at radius 1 is 1.45 bits per heavy atom. The van der Waals surface area contributed by atoms with Crippen molar-refractivity contribution in [2.24, 2.45) is 0 Å². The molecule has 0 aromatic heterocycles. The number of hydrogen-bond acceptors (Lipinski definition) is 2. The Labute approximate surface area is 64.5 Å². The summed E-state index contributed by atoms with van der Waals surface area (Å²) in [6, 6.07) is 6.27. The van der Waals surface area contributed by atoms with Crippen molar-refractivity contribution in [3.8, 4) is 12.3 Å². The molecule has 2 heteroatoms. The van der Waals surface area contributed by atoms with E-state index in [1.54, 1.807) is 18.2 Å². The van der Waals surface area contributed by atoms with Crippen LogP contribution in [0.15, 0.2) is 24.3 Å². The fourth-order valence-corrected chi connectivity index (χ4v) is 0.787. The lowest BCUT2D eigenvalue weighted by atomic mass is 10.1. The first-order valence-electron chi connectivity index (χ1n) is 3.02. The molecule has 0 aliphatic heterocycles. The van der Waals surface area contributed by atoms with Crippen molar-refractivity contribution in [2.45, 2.75) is 0 Å². The van der Waals surface area contributed by atoms with E-state index in [9.17, 15) is 9.90 Å². The van der Waals surface area contributed by atoms with Crippen LogP contribution < -0.4 is 5.11 Å². The molecule has 0 atom stereocenters. The number of benzene rings is 1. The smallest absolute Gasteiger partial charge is 0.0727 e. The normalized spacial score (nSPS) is 8.64. The maximum atomic E-state index is 10.4. The van der Waals surface area contributed by atoms with E-state index in [1.807, 2.05) is 0 Å². The number of carboxylic acid groups (broad SMARTS) is 1. The minimum Gasteiger partial charge on any atom is -0.545 e. The van der Waals surface area contributed by atoms with Gasteiger partial charge in [-0.25, -0.2) is 0 Å². The first-order chi connectivity index (χ1) is 5.25. The van der Waals surface area contributed by atoms with Crippen LogP contribution in [-0.4, -0.2) is 5.97 Å². The predicted octanol–water partition coefficient (Wildman–Crippen LogP) is 0.0314. The van der Waals surface area contributed by atoms with Gasteiger partial charge in [-0.15, -0.1) is 6.42 Å². The third-order valence-electron chi connectivity index (χ3n) is 1.30. The number of carboxylic acids is 1. The fraction of sp³-hybridized carbons (Fsp3) is 0. The molecule has 0 fully saturated rings. The summed E-state index contributed by atoms with van der Waals surface area (Å²) in [5.41, 5.74) is 0.419. The lowest BCUT2D eigenvalue weighted by Crippen LogP contribution is -2.23. The van der Waals surface area contributed by atoms with Crippen molar-refractivity contribution in [1.29, 1.82) is 0 Å². The number of rotatable bonds is 1. The van der Waals surface area contributed by atoms with Crippen LogP contribution in [0.3, 0.4) is 0 Å². The monoisotopic (exact) mass is 145 g/mol. The summed E-state index contributed by atoms with van der Waals surface area (Å²) < 4.78 is 0. The summed E-state index contributed by atoms with van der Waals surface area (Å²) in [5.74, 6) is 1.02. The first-order valence-corrected chi connectivity index (χ1v) is 3.02. The second-order valence-electron chi connectivity index (χ2n) is 1.98. The third kappa shape index (κ3) is 1.39. The largest absolute Gasteiger partial charge is 0.545 e. The van der Waals surface area contributed by atoms with Gasteiger partial charge in [-0.1, -0.05) is 24.1 Å². The quantitative estimate of drug-likeness (QED) is 0.523. The predicted molar refractivity (Wildman–Crippen MR) is 38.7 cm³/mol. The van der Waals surface area contributed by atoms with Crippen molar-refractivity contribution in [3.05, 3.63) is 35.4 Å². The van der Waals surface area contributed by atoms with Crippen LogP contribution in [-0.2, 0) is 0 Å². The van der Waals surface area contributed by atoms with Crippen LogP contribution in [0.25, 0.3) is 0 Å². The van der Waals surface area contributed by atoms with Crippen molar-refractivity contribution in [1.82, 2.24) is 0 Å². The Balaban J connectivity index is 3.26. The van der Waals surface area contributed by atoms with Gasteiger partial charge < -0.3 is 9.90 Å². The van der Waals surface area contributed by atoms with Gasteiger partial charge in [-0.05, 0) is 6.07 Å². The molecule has 0 radical (unpaired) electrons. The minimum absolute atomic E-state index is 0.0648. The van der Waals surface area contributed by atoms with Gasteiger partial charge in [0.15, 0.2) is 0 Å². The van der Waals surface area contributed by atoms with E-state index in [-0.39, 0.29) is 5.56 Å². The van der Waals surface area contributed by atoms with E-state index < -0.39 is 5.97 Å². The van der Waals surface area contributed by atoms with Crippen LogP contribution >= 0.6 is 0 Å². The van der Waals surface area contributed by atoms with Gasteiger partial charge in [0.05, 0.1) is 5.97 Å². The molecule has 1 aromatic rings. The van der Waals surface area contributed by atoms with E-state index in [1.165, 1.54) is 6.07 Å². The molecule has 0 spiro atoms. The van der Waals surface area contributed by atoms with E-state index in [0.29, 0.717) is 5.56 Å². The zero-order valence-electron chi connectivity index (χ0n) is 5.70. The number of hydrogen-bond donors (Lipinski definition) is 0. The highest BCUT2D eigenvalue weighted by atomic mass is 16.4. The molecule has 0 amide bonds. The molecule has 0 aliphatic rings. The molecular formula is C9H5O2-. The van der Waals surface area contributed by atoms with E-state index in [4.69, 9.17) is 6.42 Å². The summed E-state index contributed by atoms with van der Waals surface area (Å²) >= 11 is 0. The molecule has 1 rings (SSSR count). The second-order valence-corrected chi connectivity index (χ2v) is 1.98. The zero-order chi connectivity index (χ0) is 8.27. The van der Waals surface area contributed by atoms with Gasteiger partial charge in [0, 0.05) is 11.1 Å². The van der Waals surface area contributed by atoms with Crippen LogP contribution in [0.4, 0.5) is 0 Å². The van der Waals surface area contributed by atoms with Crippen molar-refractivity contribution < 1.29 is 9.90 Å². The van der Waals surface area contributed by atoms with Gasteiger partial charge in [0.25, 0.3) is 0 Å². The Kier molecular flexibility index (Phi) is 1.93. The molecule has 11 heavy (non-hydrogen) atoms. The number of aromatic carboxylic acids is 1. The molecule has 0 bridgehead atoms. The van der Waals surface area contributed by atoms with Crippen LogP contribution in [0, 0.1) is 12.3 Å². The van der Waals surface area contributed by atoms with Crippen LogP contribution in [0.5, 0.6) is 0 Å². The van der Waals surface area contributed by atoms with Crippen molar-refractivity contribution >= 4 is 5.97 Å². The number of carbonyl (C=O) groups excluding carboxylic acids is 1. The summed E-state index contributed by atoms with van der Waals surface area (Å²) in [6.07, 6.45) is 5.05. The maximum Gasteiger partial charge on any atom is 0.0727 e. The van der Waals surface area contributed by atoms with Crippen molar-refractivity contribution in [3.63, 3.8) is 0 Å². The third-order valence-corrected chi connectivity index (χ3v) is 1.30. The lowest BCUT2D eigenvalue weighted by Gasteiger charge is -2.03. The van der Waals surface area contributed by atoms with Gasteiger partial charge in [-0.3, -0.25) is 0 Å². The fourth-order valence-electron chi connectivity index (χ4n) is 0.787. The van der Waals surface area contributed by atoms with Gasteiger partial charge in [0.2, 0.25) is 0 Å². The Morgan fingerprint density at radius 2 is 2.09 bits per heavy atom. The second kappa shape index (κ2) is 2.89. The molecule has 0 saturated carbocycles. The van der Waals surface area contributed by atoms with Gasteiger partial charge in [-0.2, -0.15) is 0 Å². The van der Waals surface area contributed by atoms with Crippen molar-refractivity contribution in [2.75, 3.05) is 0 Å². The molecule has 0 saturated heterocycles. The lowest BCUT2D eigenvalue weighted by molar-refractivity contribution is -0.255. The summed E-state index contributed by atoms with van der Waals surface area (Å²) in [6.45, 7) is 0. The summed E-state index contributed by atoms with van der Waals surface area (Å²) in [7, 11) is 0. The van der Waals surface area contributed by atoms with E-state index >= 15 is 0 Å². The Hall–Kier alpha value is -1.75. The highest BCUT2D eigenvalue weighted by Gasteiger charge is 1.97. The van der Waals surface area contributed by atoms with Gasteiger partial charge in [0.1, 0.15) is 0 Å². The highest BCUT2D eigenvalue weighted by Crippen LogP contribution is 2.04. The highest BCUT2D eigenvalue weighted by molar-refractivity contribution is 5.88. The molecule has 1 aromatic carbocycles. The first kappa shape index (κ1) is 7.36. The maximum absolute atomic E-state index is 10.4. The average molecular weight is 145 g/mol. The topological polar surface area (TPSA) is 40.1 Å². The molecule has 2 nitrogen and oxygen atoms in total. The molecule has 54 valence electrons. The van der Waals surface area contributed by atoms with E-state index in [0.717, 1.165) is 0 Å². The molecular weight excluding hydrogens is 140 g/mol. The molecule has 0 aliphatic carbocycles. The average Bonchev–Trinajstić information content (AvgIpc) is 2.04. The summed E-state index contributed by atoms with van der Waals surface area (Å²) in [5, 5.41) is 10.4. The summed E-state index contributed by atoms with van der Waals surface area (Å²) in [4.78, 5) is 10.4. The molecule has 0 unspecified atom stereocenters.